The fraction of sp³-hybridized carbons (Fsp3) is 0. The Labute approximate surface area is 322 Å². The first-order chi connectivity index (χ1) is 27.8. The highest BCUT2D eigenvalue weighted by Gasteiger charge is 2.22. The number of aromatic nitrogens is 4. The smallest absolute Gasteiger partial charge is 0.166 e. The van der Waals surface area contributed by atoms with Gasteiger partial charge in [0.25, 0.3) is 0 Å². The molecule has 0 saturated carbocycles. The van der Waals surface area contributed by atoms with Gasteiger partial charge in [-0.25, -0.2) is 15.0 Å². The van der Waals surface area contributed by atoms with Crippen LogP contribution in [0.5, 0.6) is 0 Å². The number of rotatable bonds is 6. The van der Waals surface area contributed by atoms with Crippen molar-refractivity contribution in [2.24, 2.45) is 0 Å². The zero-order valence-corrected chi connectivity index (χ0v) is 30.2. The van der Waals surface area contributed by atoms with Gasteiger partial charge >= 0.3 is 0 Å². The molecule has 5 heteroatoms. The van der Waals surface area contributed by atoms with E-state index in [0.29, 0.717) is 17.5 Å². The minimum Gasteiger partial charge on any atom is -0.456 e. The molecule has 0 N–H and O–H groups in total. The van der Waals surface area contributed by atoms with E-state index in [4.69, 9.17) is 19.4 Å². The van der Waals surface area contributed by atoms with E-state index in [1.54, 1.807) is 0 Å². The van der Waals surface area contributed by atoms with E-state index in [1.165, 1.54) is 0 Å². The summed E-state index contributed by atoms with van der Waals surface area (Å²) in [6.45, 7) is 0. The van der Waals surface area contributed by atoms with Crippen LogP contribution in [0, 0.1) is 0 Å². The van der Waals surface area contributed by atoms with Crippen LogP contribution in [0.15, 0.2) is 199 Å². The molecule has 0 unspecified atom stereocenters. The summed E-state index contributed by atoms with van der Waals surface area (Å²) in [7, 11) is 0. The summed E-state index contributed by atoms with van der Waals surface area (Å²) in [4.78, 5) is 15.5. The van der Waals surface area contributed by atoms with Gasteiger partial charge in [0.1, 0.15) is 11.2 Å². The Balaban J connectivity index is 1.15. The number of furan rings is 1. The van der Waals surface area contributed by atoms with Gasteiger partial charge in [-0.05, 0) is 58.7 Å². The summed E-state index contributed by atoms with van der Waals surface area (Å²) in [5, 5.41) is 4.38. The first-order valence-corrected chi connectivity index (χ1v) is 18.8. The average Bonchev–Trinajstić information content (AvgIpc) is 3.83. The highest BCUT2D eigenvalue weighted by Crippen LogP contribution is 2.42. The molecule has 0 radical (unpaired) electrons. The first-order valence-electron chi connectivity index (χ1n) is 18.8. The van der Waals surface area contributed by atoms with Gasteiger partial charge in [-0.15, -0.1) is 0 Å². The van der Waals surface area contributed by atoms with Crippen LogP contribution in [0.1, 0.15) is 0 Å². The lowest BCUT2D eigenvalue weighted by molar-refractivity contribution is 0.669. The summed E-state index contributed by atoms with van der Waals surface area (Å²) < 4.78 is 8.98. The number of hydrogen-bond donors (Lipinski definition) is 0. The maximum atomic E-state index is 6.61. The van der Waals surface area contributed by atoms with Gasteiger partial charge < -0.3 is 8.98 Å². The molecule has 0 aliphatic carbocycles. The molecule has 262 valence electrons. The highest BCUT2D eigenvalue weighted by molar-refractivity contribution is 6.17. The molecule has 11 rings (SSSR count). The van der Waals surface area contributed by atoms with Crippen LogP contribution in [-0.4, -0.2) is 19.5 Å². The zero-order chi connectivity index (χ0) is 37.0. The fourth-order valence-electron chi connectivity index (χ4n) is 8.04. The van der Waals surface area contributed by atoms with Crippen LogP contribution in [-0.2, 0) is 0 Å². The van der Waals surface area contributed by atoms with Crippen LogP contribution < -0.4 is 0 Å². The van der Waals surface area contributed by atoms with Gasteiger partial charge in [0.05, 0.1) is 22.1 Å². The minimum atomic E-state index is 0.604. The van der Waals surface area contributed by atoms with Crippen LogP contribution in [0.2, 0.25) is 0 Å². The Bertz CT molecular complexity index is 3220. The Morgan fingerprint density at radius 3 is 1.62 bits per heavy atom. The Morgan fingerprint density at radius 2 is 0.893 bits per heavy atom. The molecule has 0 aliphatic heterocycles. The van der Waals surface area contributed by atoms with Crippen molar-refractivity contribution in [3.63, 3.8) is 0 Å². The lowest BCUT2D eigenvalue weighted by atomic mass is 10.0. The molecule has 8 aromatic carbocycles. The van der Waals surface area contributed by atoms with Crippen molar-refractivity contribution >= 4 is 43.7 Å². The Hall–Kier alpha value is -7.63. The van der Waals surface area contributed by atoms with E-state index >= 15 is 0 Å². The van der Waals surface area contributed by atoms with Crippen molar-refractivity contribution in [1.82, 2.24) is 19.5 Å². The molecule has 0 saturated heterocycles. The van der Waals surface area contributed by atoms with E-state index in [2.05, 4.69) is 156 Å². The Kier molecular flexibility index (Phi) is 7.42. The minimum absolute atomic E-state index is 0.604. The summed E-state index contributed by atoms with van der Waals surface area (Å²) >= 11 is 0. The van der Waals surface area contributed by atoms with Gasteiger partial charge in [-0.3, -0.25) is 0 Å². The van der Waals surface area contributed by atoms with E-state index in [-0.39, 0.29) is 0 Å². The third kappa shape index (κ3) is 5.29. The van der Waals surface area contributed by atoms with Crippen LogP contribution >= 0.6 is 0 Å². The van der Waals surface area contributed by atoms with E-state index in [0.717, 1.165) is 88.4 Å². The molecule has 0 spiro atoms. The fourth-order valence-corrected chi connectivity index (χ4v) is 8.04. The van der Waals surface area contributed by atoms with Crippen molar-refractivity contribution in [3.05, 3.63) is 194 Å². The van der Waals surface area contributed by atoms with Gasteiger partial charge in [-0.2, -0.15) is 0 Å². The van der Waals surface area contributed by atoms with Crippen molar-refractivity contribution in [3.8, 4) is 62.1 Å². The molecule has 0 amide bonds. The standard InChI is InChI=1S/C51H32N4O/c1-4-14-33(15-5-1)35-26-28-37(29-27-35)50-52-49(36-18-8-3-9-19-36)53-51(54-50)42-22-12-21-40-39-20-10-11-23-43(39)55(48(40)42)44-24-13-25-45-47(44)41-31-30-38(32-46(41)56-45)34-16-6-2-7-17-34/h1-32H. The molecule has 0 aliphatic rings. The van der Waals surface area contributed by atoms with E-state index in [9.17, 15) is 0 Å². The first kappa shape index (κ1) is 31.9. The van der Waals surface area contributed by atoms with Crippen LogP contribution in [0.3, 0.4) is 0 Å². The molecule has 3 aromatic heterocycles. The third-order valence-corrected chi connectivity index (χ3v) is 10.7. The summed E-state index contributed by atoms with van der Waals surface area (Å²) in [5.74, 6) is 1.84. The molecule has 11 aromatic rings. The second-order valence-electron chi connectivity index (χ2n) is 14.0. The SMILES string of the molecule is c1ccc(-c2ccc(-c3nc(-c4ccccc4)nc(-c4cccc5c6ccccc6n(-c6cccc7oc8cc(-c9ccccc9)ccc8c67)c45)n3)cc2)cc1. The van der Waals surface area contributed by atoms with Gasteiger partial charge in [0, 0.05) is 32.8 Å². The average molecular weight is 717 g/mol. The summed E-state index contributed by atoms with van der Waals surface area (Å²) in [6.07, 6.45) is 0. The van der Waals surface area contributed by atoms with E-state index < -0.39 is 0 Å². The molecule has 0 fully saturated rings. The van der Waals surface area contributed by atoms with Crippen LogP contribution in [0.25, 0.3) is 106 Å². The summed E-state index contributed by atoms with van der Waals surface area (Å²) in [6, 6.07) is 67.3. The molecule has 0 bridgehead atoms. The summed E-state index contributed by atoms with van der Waals surface area (Å²) in [5.41, 5.74) is 12.2. The second kappa shape index (κ2) is 13.0. The molecular weight excluding hydrogens is 685 g/mol. The molecule has 56 heavy (non-hydrogen) atoms. The Morgan fingerprint density at radius 1 is 0.357 bits per heavy atom. The zero-order valence-electron chi connectivity index (χ0n) is 30.2. The van der Waals surface area contributed by atoms with E-state index in [1.807, 2.05) is 42.5 Å². The number of para-hydroxylation sites is 2. The predicted octanol–water partition coefficient (Wildman–Crippen LogP) is 13.2. The second-order valence-corrected chi connectivity index (χ2v) is 14.0. The predicted molar refractivity (Wildman–Crippen MR) is 229 cm³/mol. The third-order valence-electron chi connectivity index (χ3n) is 10.7. The number of fused-ring (bicyclic) bond motifs is 6. The lowest BCUT2D eigenvalue weighted by Gasteiger charge is -2.13. The maximum Gasteiger partial charge on any atom is 0.166 e. The van der Waals surface area contributed by atoms with Gasteiger partial charge in [0.2, 0.25) is 0 Å². The lowest BCUT2D eigenvalue weighted by Crippen LogP contribution is -2.02. The van der Waals surface area contributed by atoms with Crippen LogP contribution in [0.4, 0.5) is 0 Å². The highest BCUT2D eigenvalue weighted by atomic mass is 16.3. The van der Waals surface area contributed by atoms with Crippen molar-refractivity contribution in [2.45, 2.75) is 0 Å². The van der Waals surface area contributed by atoms with Gasteiger partial charge in [0.15, 0.2) is 17.5 Å². The number of nitrogens with zero attached hydrogens (tertiary/aromatic N) is 4. The van der Waals surface area contributed by atoms with Crippen molar-refractivity contribution < 1.29 is 4.42 Å². The van der Waals surface area contributed by atoms with Gasteiger partial charge in [-0.1, -0.05) is 158 Å². The topological polar surface area (TPSA) is 56.7 Å². The molecular formula is C51H32N4O. The normalized spacial score (nSPS) is 11.6. The molecule has 5 nitrogen and oxygen atoms in total. The largest absolute Gasteiger partial charge is 0.456 e. The number of benzene rings is 8. The molecule has 0 atom stereocenters. The monoisotopic (exact) mass is 716 g/mol. The molecule has 3 heterocycles. The van der Waals surface area contributed by atoms with Crippen molar-refractivity contribution in [2.75, 3.05) is 0 Å². The van der Waals surface area contributed by atoms with Crippen molar-refractivity contribution in [1.29, 1.82) is 0 Å². The quantitative estimate of drug-likeness (QED) is 0.172. The maximum absolute atomic E-state index is 6.61. The number of hydrogen-bond acceptors (Lipinski definition) is 4.